The summed E-state index contributed by atoms with van der Waals surface area (Å²) in [5.74, 6) is 0.568. The number of halogens is 3. The topological polar surface area (TPSA) is 0 Å². The molecular weight excluding hydrogens is 327 g/mol. The van der Waals surface area contributed by atoms with E-state index in [9.17, 15) is 0 Å². The van der Waals surface area contributed by atoms with Gasteiger partial charge in [-0.3, -0.25) is 0 Å². The summed E-state index contributed by atoms with van der Waals surface area (Å²) in [6.45, 7) is 4.42. The smallest absolute Gasteiger partial charge is 0.0887 e. The van der Waals surface area contributed by atoms with Crippen molar-refractivity contribution in [3.63, 3.8) is 0 Å². The summed E-state index contributed by atoms with van der Waals surface area (Å²) in [4.78, 5) is 1.19. The van der Waals surface area contributed by atoms with E-state index in [1.165, 1.54) is 30.6 Å². The molecule has 1 unspecified atom stereocenters. The highest BCUT2D eigenvalue weighted by Gasteiger charge is 2.22. The number of rotatable bonds is 6. The van der Waals surface area contributed by atoms with Gasteiger partial charge in [0.25, 0.3) is 0 Å². The van der Waals surface area contributed by atoms with Gasteiger partial charge in [-0.2, -0.15) is 0 Å². The molecule has 1 atom stereocenters. The van der Waals surface area contributed by atoms with Gasteiger partial charge in [0, 0.05) is 4.88 Å². The van der Waals surface area contributed by atoms with Crippen molar-refractivity contribution in [3.8, 4) is 0 Å². The van der Waals surface area contributed by atoms with Crippen LogP contribution in [0.2, 0.25) is 5.02 Å². The van der Waals surface area contributed by atoms with Gasteiger partial charge in [-0.25, -0.2) is 0 Å². The Morgan fingerprint density at radius 3 is 2.25 bits per heavy atom. The third-order valence-corrected chi connectivity index (χ3v) is 5.95. The first-order valence-corrected chi connectivity index (χ1v) is 8.11. The molecule has 0 bridgehead atoms. The van der Waals surface area contributed by atoms with Crippen molar-refractivity contribution in [2.24, 2.45) is 5.92 Å². The molecule has 4 heteroatoms. The van der Waals surface area contributed by atoms with Crippen LogP contribution in [-0.2, 0) is 0 Å². The Hall–Kier alpha value is 0.760. The van der Waals surface area contributed by atoms with E-state index in [1.54, 1.807) is 11.3 Å². The van der Waals surface area contributed by atoms with Gasteiger partial charge in [-0.15, -0.1) is 22.9 Å². The van der Waals surface area contributed by atoms with E-state index < -0.39 is 0 Å². The van der Waals surface area contributed by atoms with Crippen molar-refractivity contribution in [1.29, 1.82) is 0 Å². The van der Waals surface area contributed by atoms with Gasteiger partial charge in [0.1, 0.15) is 0 Å². The monoisotopic (exact) mass is 342 g/mol. The quantitative estimate of drug-likeness (QED) is 0.506. The zero-order valence-corrected chi connectivity index (χ0v) is 13.5. The second-order valence-corrected chi connectivity index (χ2v) is 7.29. The molecule has 0 saturated heterocycles. The summed E-state index contributed by atoms with van der Waals surface area (Å²) in [5.41, 5.74) is 0. The van der Waals surface area contributed by atoms with E-state index in [0.717, 1.165) is 8.81 Å². The molecule has 0 radical (unpaired) electrons. The molecule has 0 spiro atoms. The van der Waals surface area contributed by atoms with Gasteiger partial charge in [0.05, 0.1) is 14.2 Å². The normalized spacial score (nSPS) is 13.4. The minimum atomic E-state index is 0.105. The van der Waals surface area contributed by atoms with Crippen LogP contribution < -0.4 is 0 Å². The molecule has 0 saturated carbocycles. The van der Waals surface area contributed by atoms with Crippen molar-refractivity contribution >= 4 is 50.5 Å². The Morgan fingerprint density at radius 2 is 1.88 bits per heavy atom. The molecule has 0 aromatic carbocycles. The first kappa shape index (κ1) is 14.8. The average Bonchev–Trinajstić information content (AvgIpc) is 2.58. The molecule has 1 aromatic heterocycles. The standard InChI is InChI=1S/C12H17BrCl2S/c1-3-5-8(6-4-2)11(15)10-7-9(14)12(13)16-10/h7-8,11H,3-6H2,1-2H3. The van der Waals surface area contributed by atoms with Gasteiger partial charge < -0.3 is 0 Å². The zero-order valence-electron chi connectivity index (χ0n) is 9.60. The van der Waals surface area contributed by atoms with E-state index in [0.29, 0.717) is 5.92 Å². The van der Waals surface area contributed by atoms with E-state index in [1.807, 2.05) is 6.07 Å². The van der Waals surface area contributed by atoms with E-state index in [2.05, 4.69) is 29.8 Å². The summed E-state index contributed by atoms with van der Waals surface area (Å²) < 4.78 is 0.988. The summed E-state index contributed by atoms with van der Waals surface area (Å²) in [6.07, 6.45) is 4.76. The Balaban J connectivity index is 2.76. The van der Waals surface area contributed by atoms with Crippen LogP contribution in [0.5, 0.6) is 0 Å². The van der Waals surface area contributed by atoms with Crippen molar-refractivity contribution in [3.05, 3.63) is 19.8 Å². The molecule has 1 rings (SSSR count). The average molecular weight is 344 g/mol. The number of thiophene rings is 1. The van der Waals surface area contributed by atoms with Gasteiger partial charge in [-0.1, -0.05) is 38.3 Å². The minimum Gasteiger partial charge on any atom is -0.130 e. The molecule has 0 nitrogen and oxygen atoms in total. The fourth-order valence-corrected chi connectivity index (χ4v) is 4.18. The summed E-state index contributed by atoms with van der Waals surface area (Å²) >= 11 is 17.7. The van der Waals surface area contributed by atoms with Crippen LogP contribution in [0.15, 0.2) is 9.85 Å². The van der Waals surface area contributed by atoms with Gasteiger partial charge >= 0.3 is 0 Å². The fraction of sp³-hybridized carbons (Fsp3) is 0.667. The van der Waals surface area contributed by atoms with Gasteiger partial charge in [0.2, 0.25) is 0 Å². The largest absolute Gasteiger partial charge is 0.130 e. The third-order valence-electron chi connectivity index (χ3n) is 2.67. The van der Waals surface area contributed by atoms with Crippen LogP contribution in [0, 0.1) is 5.92 Å². The highest BCUT2D eigenvalue weighted by molar-refractivity contribution is 9.11. The highest BCUT2D eigenvalue weighted by Crippen LogP contribution is 2.42. The molecule has 0 amide bonds. The Bertz CT molecular complexity index is 299. The summed E-state index contributed by atoms with van der Waals surface area (Å²) in [5, 5.41) is 0.881. The Kier molecular flexibility index (Phi) is 6.72. The van der Waals surface area contributed by atoms with E-state index >= 15 is 0 Å². The molecule has 0 fully saturated rings. The number of alkyl halides is 1. The Morgan fingerprint density at radius 1 is 1.31 bits per heavy atom. The van der Waals surface area contributed by atoms with E-state index in [-0.39, 0.29) is 5.38 Å². The molecule has 1 aromatic rings. The second kappa shape index (κ2) is 7.25. The Labute approximate surface area is 120 Å². The second-order valence-electron chi connectivity index (χ2n) is 4.01. The lowest BCUT2D eigenvalue weighted by Crippen LogP contribution is -2.06. The van der Waals surface area contributed by atoms with Crippen molar-refractivity contribution in [1.82, 2.24) is 0 Å². The number of hydrogen-bond donors (Lipinski definition) is 0. The SMILES string of the molecule is CCCC(CCC)C(Cl)c1cc(Cl)c(Br)s1. The molecule has 92 valence electrons. The first-order valence-electron chi connectivity index (χ1n) is 5.68. The van der Waals surface area contributed by atoms with Crippen LogP contribution in [-0.4, -0.2) is 0 Å². The molecule has 0 N–H and O–H groups in total. The minimum absolute atomic E-state index is 0.105. The van der Waals surface area contributed by atoms with Crippen molar-refractivity contribution in [2.75, 3.05) is 0 Å². The fourth-order valence-electron chi connectivity index (χ4n) is 1.91. The molecule has 1 heterocycles. The van der Waals surface area contributed by atoms with Crippen molar-refractivity contribution < 1.29 is 0 Å². The maximum Gasteiger partial charge on any atom is 0.0887 e. The molecular formula is C12H17BrCl2S. The first-order chi connectivity index (χ1) is 7.60. The van der Waals surface area contributed by atoms with Crippen LogP contribution in [0.1, 0.15) is 49.8 Å². The lowest BCUT2D eigenvalue weighted by atomic mass is 9.94. The van der Waals surface area contributed by atoms with E-state index in [4.69, 9.17) is 23.2 Å². The van der Waals surface area contributed by atoms with Crippen LogP contribution in [0.3, 0.4) is 0 Å². The van der Waals surface area contributed by atoms with Crippen LogP contribution in [0.25, 0.3) is 0 Å². The molecule has 0 aliphatic rings. The third kappa shape index (κ3) is 3.90. The maximum absolute atomic E-state index is 6.55. The molecule has 0 aliphatic carbocycles. The molecule has 0 aliphatic heterocycles. The van der Waals surface area contributed by atoms with Crippen LogP contribution in [0.4, 0.5) is 0 Å². The predicted octanol–water partition coefficient (Wildman–Crippen LogP) is 6.66. The summed E-state index contributed by atoms with van der Waals surface area (Å²) in [6, 6.07) is 1.99. The lowest BCUT2D eigenvalue weighted by molar-refractivity contribution is 0.429. The van der Waals surface area contributed by atoms with Gasteiger partial charge in [-0.05, 0) is 40.8 Å². The maximum atomic E-state index is 6.55. The predicted molar refractivity (Wildman–Crippen MR) is 78.9 cm³/mol. The summed E-state index contributed by atoms with van der Waals surface area (Å²) in [7, 11) is 0. The zero-order chi connectivity index (χ0) is 12.1. The van der Waals surface area contributed by atoms with Crippen molar-refractivity contribution in [2.45, 2.75) is 44.9 Å². The highest BCUT2D eigenvalue weighted by atomic mass is 79.9. The lowest BCUT2D eigenvalue weighted by Gasteiger charge is -2.20. The van der Waals surface area contributed by atoms with Gasteiger partial charge in [0.15, 0.2) is 0 Å². The number of hydrogen-bond acceptors (Lipinski definition) is 1. The van der Waals surface area contributed by atoms with Crippen LogP contribution >= 0.6 is 50.5 Å². The molecule has 16 heavy (non-hydrogen) atoms.